The van der Waals surface area contributed by atoms with Gasteiger partial charge in [0.2, 0.25) is 0 Å². The number of aliphatic hydroxyl groups is 1. The SMILES string of the molecule is C.C.CC(=O)OCc1c(-c2cc(Nc3cc4n(n3)CCN(C(=O)OC(C)(C)C)C4)c(=O)n(C)c2)ccnc1-n1ccn2c3c(cc2c1=O)CC(C)(C)C3.Cn1cc(-c2ccnc(-n3ccn4c5c(cc4c3=O)CC(C)(C)C5)c2CO)cc(Nc2cc3n(n2)CCN(C#N)C3)c1=O. The number of esters is 1. The van der Waals surface area contributed by atoms with Crippen LogP contribution in [0.2, 0.25) is 0 Å². The summed E-state index contributed by atoms with van der Waals surface area (Å²) in [5.41, 5.74) is 10.3. The van der Waals surface area contributed by atoms with Crippen molar-refractivity contribution in [2.24, 2.45) is 24.9 Å². The lowest BCUT2D eigenvalue weighted by atomic mass is 9.90. The van der Waals surface area contributed by atoms with Crippen LogP contribution in [0.15, 0.2) is 117 Å². The quantitative estimate of drug-likeness (QED) is 0.0806. The highest BCUT2D eigenvalue weighted by atomic mass is 16.6. The van der Waals surface area contributed by atoms with Crippen molar-refractivity contribution in [3.63, 3.8) is 0 Å². The van der Waals surface area contributed by atoms with Gasteiger partial charge in [-0.2, -0.15) is 15.5 Å². The number of amides is 1. The van der Waals surface area contributed by atoms with E-state index in [4.69, 9.17) is 9.47 Å². The Hall–Kier alpha value is -10.8. The van der Waals surface area contributed by atoms with Crippen LogP contribution in [-0.2, 0) is 93.4 Å². The van der Waals surface area contributed by atoms with Crippen molar-refractivity contribution in [2.75, 3.05) is 23.7 Å². The molecule has 0 fully saturated rings. The molecule has 0 saturated heterocycles. The zero-order valence-electron chi connectivity index (χ0n) is 54.1. The number of hydrogen-bond acceptors (Lipinski definition) is 17. The number of pyridine rings is 4. The number of nitrogens with one attached hydrogen (secondary N) is 2. The van der Waals surface area contributed by atoms with Gasteiger partial charge in [0.05, 0.1) is 44.2 Å². The fraction of sp³-hybridized carbons (Fsp3) is 0.386. The lowest BCUT2D eigenvalue weighted by Gasteiger charge is -2.30. The number of ether oxygens (including phenoxy) is 2. The minimum Gasteiger partial charge on any atom is -0.461 e. The van der Waals surface area contributed by atoms with Gasteiger partial charge < -0.3 is 52.9 Å². The van der Waals surface area contributed by atoms with E-state index in [1.54, 1.807) is 96.1 Å². The molecule has 0 spiro atoms. The van der Waals surface area contributed by atoms with Crippen LogP contribution in [0.1, 0.15) is 115 Å². The number of carbonyl (C=O) groups is 2. The first-order valence-corrected chi connectivity index (χ1v) is 31.1. The largest absolute Gasteiger partial charge is 0.461 e. The lowest BCUT2D eigenvalue weighted by Crippen LogP contribution is -2.41. The third-order valence-electron chi connectivity index (χ3n) is 17.7. The Balaban J connectivity index is 0.000000194. The van der Waals surface area contributed by atoms with Gasteiger partial charge in [0.15, 0.2) is 17.8 Å². The molecule has 1 amide bonds. The smallest absolute Gasteiger partial charge is 0.410 e. The summed E-state index contributed by atoms with van der Waals surface area (Å²) in [4.78, 5) is 91.4. The zero-order chi connectivity index (χ0) is 66.4. The Bertz CT molecular complexity index is 5060. The van der Waals surface area contributed by atoms with Crippen molar-refractivity contribution in [1.82, 2.24) is 66.4 Å². The number of aryl methyl sites for hydroxylation is 2. The van der Waals surface area contributed by atoms with Crippen molar-refractivity contribution >= 4 is 46.1 Å². The fourth-order valence-corrected chi connectivity index (χ4v) is 13.4. The molecule has 0 saturated carbocycles. The molecule has 10 aromatic rings. The summed E-state index contributed by atoms with van der Waals surface area (Å²) in [6, 6.07) is 14.5. The van der Waals surface area contributed by atoms with Crippen LogP contribution in [0.5, 0.6) is 0 Å². The van der Waals surface area contributed by atoms with E-state index in [2.05, 4.69) is 64.7 Å². The number of nitriles is 1. The van der Waals surface area contributed by atoms with Gasteiger partial charge >= 0.3 is 12.1 Å². The van der Waals surface area contributed by atoms with E-state index in [0.717, 1.165) is 42.8 Å². The van der Waals surface area contributed by atoms with Crippen LogP contribution < -0.4 is 32.9 Å². The van der Waals surface area contributed by atoms with E-state index in [1.807, 2.05) is 64.8 Å². The Labute approximate surface area is 553 Å². The summed E-state index contributed by atoms with van der Waals surface area (Å²) in [5, 5.41) is 35.3. The molecule has 26 nitrogen and oxygen atoms in total. The molecule has 0 radical (unpaired) electrons. The van der Waals surface area contributed by atoms with Crippen LogP contribution in [0.3, 0.4) is 0 Å². The summed E-state index contributed by atoms with van der Waals surface area (Å²) in [6.07, 6.45) is 19.1. The first-order valence-electron chi connectivity index (χ1n) is 31.1. The Morgan fingerprint density at radius 3 is 1.60 bits per heavy atom. The normalized spacial score (nSPS) is 14.9. The second-order valence-electron chi connectivity index (χ2n) is 27.3. The van der Waals surface area contributed by atoms with Crippen LogP contribution in [0.25, 0.3) is 44.9 Å². The Kier molecular flexibility index (Phi) is 17.5. The van der Waals surface area contributed by atoms with Crippen LogP contribution in [-0.4, -0.2) is 102 Å². The number of nitrogens with zero attached hydrogens (tertiary/aromatic N) is 15. The van der Waals surface area contributed by atoms with Crippen molar-refractivity contribution in [3.05, 3.63) is 185 Å². The van der Waals surface area contributed by atoms with E-state index in [1.165, 1.54) is 42.0 Å². The van der Waals surface area contributed by atoms with E-state index in [9.17, 15) is 39.1 Å². The standard InChI is InChI=1S/C37H42N8O6.C31H31N9O3.2CH4/c1-22(46)50-21-27-26(8-9-38-32(27)44-12-11-43-29(34(44)48)15-23-17-37(5,6)18-30(23)43)24-14-28(33(47)41(7)19-24)39-31-16-25-20-42(10-13-45(25)40-31)35(49)51-36(2,3)4;1-31(2)13-19-11-25-30(43)39(8-7-38(25)26(19)14-31)28-23(17-41)22(4-5-33-28)20-10-24(29(42)36(3)15-20)34-27-12-21-16-37(18-32)6-9-40(21)35-27;;/h8-9,11-12,14-16,19H,10,13,17-18,20-21H2,1-7H3,(H,39,40);4-5,7-8,10-12,15,41H,6,9,13-14,16-17H2,1-3H3,(H,34,35);2*1H4. The van der Waals surface area contributed by atoms with Gasteiger partial charge in [-0.05, 0) is 116 Å². The third-order valence-corrected chi connectivity index (χ3v) is 17.7. The predicted octanol–water partition coefficient (Wildman–Crippen LogP) is 8.71. The van der Waals surface area contributed by atoms with Crippen LogP contribution in [0, 0.1) is 22.3 Å². The van der Waals surface area contributed by atoms with Gasteiger partial charge in [-0.3, -0.25) is 42.5 Å². The molecule has 14 rings (SSSR count). The molecule has 500 valence electrons. The molecule has 4 aliphatic rings. The number of aromatic nitrogens is 12. The number of hydrogen-bond donors (Lipinski definition) is 3. The second kappa shape index (κ2) is 25.2. The lowest BCUT2D eigenvalue weighted by molar-refractivity contribution is -0.142. The summed E-state index contributed by atoms with van der Waals surface area (Å²) >= 11 is 0. The number of carbonyl (C=O) groups excluding carboxylic acids is 2. The van der Waals surface area contributed by atoms with Crippen molar-refractivity contribution in [2.45, 2.75) is 141 Å². The second-order valence-corrected chi connectivity index (χ2v) is 27.3. The van der Waals surface area contributed by atoms with E-state index in [0.29, 0.717) is 113 Å². The molecule has 3 N–H and O–H groups in total. The molecular weight excluding hydrogens is 1220 g/mol. The molecule has 12 heterocycles. The minimum atomic E-state index is -0.607. The van der Waals surface area contributed by atoms with E-state index >= 15 is 0 Å². The third kappa shape index (κ3) is 12.6. The van der Waals surface area contributed by atoms with Gasteiger partial charge in [0.1, 0.15) is 46.3 Å². The fourth-order valence-electron chi connectivity index (χ4n) is 13.4. The molecule has 2 aliphatic carbocycles. The summed E-state index contributed by atoms with van der Waals surface area (Å²) in [5.74, 6) is 1.12. The monoisotopic (exact) mass is 1300 g/mol. The molecule has 0 bridgehead atoms. The molecule has 0 unspecified atom stereocenters. The molecule has 10 aromatic heterocycles. The zero-order valence-corrected chi connectivity index (χ0v) is 54.1. The Morgan fingerprint density at radius 2 is 1.12 bits per heavy atom. The van der Waals surface area contributed by atoms with Gasteiger partial charge in [0, 0.05) is 129 Å². The van der Waals surface area contributed by atoms with Gasteiger partial charge in [-0.25, -0.2) is 14.8 Å². The number of fused-ring (bicyclic) bond motifs is 8. The van der Waals surface area contributed by atoms with Gasteiger partial charge in [0.25, 0.3) is 22.2 Å². The number of anilines is 4. The maximum atomic E-state index is 14.0. The number of rotatable bonds is 11. The molecule has 0 aromatic carbocycles. The van der Waals surface area contributed by atoms with Crippen molar-refractivity contribution < 1.29 is 24.2 Å². The maximum absolute atomic E-state index is 14.0. The molecular formula is C70H81N17O9. The molecule has 96 heavy (non-hydrogen) atoms. The topological polar surface area (TPSA) is 285 Å². The van der Waals surface area contributed by atoms with E-state index in [-0.39, 0.29) is 66.8 Å². The number of aliphatic hydroxyl groups excluding tert-OH is 1. The molecule has 26 heteroatoms. The first kappa shape index (κ1) is 66.6. The average Bonchev–Trinajstić information content (AvgIpc) is 1.54. The van der Waals surface area contributed by atoms with Crippen molar-refractivity contribution in [1.29, 1.82) is 5.26 Å². The van der Waals surface area contributed by atoms with Crippen LogP contribution >= 0.6 is 0 Å². The summed E-state index contributed by atoms with van der Waals surface area (Å²) in [6.45, 7) is 18.1. The highest BCUT2D eigenvalue weighted by Crippen LogP contribution is 2.40. The first-order chi connectivity index (χ1) is 44.7. The Morgan fingerprint density at radius 1 is 0.646 bits per heavy atom. The van der Waals surface area contributed by atoms with Crippen LogP contribution in [0.4, 0.5) is 27.8 Å². The maximum Gasteiger partial charge on any atom is 0.410 e. The van der Waals surface area contributed by atoms with E-state index < -0.39 is 17.7 Å². The van der Waals surface area contributed by atoms with Gasteiger partial charge in [-0.15, -0.1) is 0 Å². The highest BCUT2D eigenvalue weighted by molar-refractivity contribution is 5.76. The average molecular weight is 1300 g/mol. The van der Waals surface area contributed by atoms with Gasteiger partial charge in [-0.1, -0.05) is 42.5 Å². The highest BCUT2D eigenvalue weighted by Gasteiger charge is 2.34. The molecule has 0 atom stereocenters. The van der Waals surface area contributed by atoms with Crippen molar-refractivity contribution in [3.8, 4) is 40.1 Å². The molecule has 2 aliphatic heterocycles. The summed E-state index contributed by atoms with van der Waals surface area (Å²) in [7, 11) is 3.31. The predicted molar refractivity (Wildman–Crippen MR) is 364 cm³/mol. The minimum absolute atomic E-state index is 0. The summed E-state index contributed by atoms with van der Waals surface area (Å²) < 4.78 is 24.5.